The van der Waals surface area contributed by atoms with Crippen LogP contribution in [-0.2, 0) is 4.74 Å². The van der Waals surface area contributed by atoms with Crippen LogP contribution in [0.25, 0.3) is 41.7 Å². The molecule has 0 saturated carbocycles. The fourth-order valence-corrected chi connectivity index (χ4v) is 7.81. The number of fused-ring (bicyclic) bond motifs is 10. The van der Waals surface area contributed by atoms with Gasteiger partial charge in [0.05, 0.1) is 14.2 Å². The van der Waals surface area contributed by atoms with Gasteiger partial charge in [0.25, 0.3) is 0 Å². The van der Waals surface area contributed by atoms with E-state index in [2.05, 4.69) is 66.8 Å². The predicted molar refractivity (Wildman–Crippen MR) is 138 cm³/mol. The van der Waals surface area contributed by atoms with E-state index in [1.807, 2.05) is 29.2 Å². The van der Waals surface area contributed by atoms with Crippen molar-refractivity contribution in [3.8, 4) is 5.75 Å². The normalized spacial score (nSPS) is 19.5. The molecule has 2 nitrogen and oxygen atoms in total. The highest BCUT2D eigenvalue weighted by Gasteiger charge is 2.33. The molecule has 5 aromatic rings. The maximum absolute atomic E-state index is 5.50. The van der Waals surface area contributed by atoms with Gasteiger partial charge in [-0.25, -0.2) is 0 Å². The van der Waals surface area contributed by atoms with Gasteiger partial charge in [-0.1, -0.05) is 30.3 Å². The molecular formula is C28H20O2S2. The van der Waals surface area contributed by atoms with E-state index in [-0.39, 0.29) is 0 Å². The molecule has 32 heavy (non-hydrogen) atoms. The summed E-state index contributed by atoms with van der Waals surface area (Å²) in [7, 11) is 3.47. The van der Waals surface area contributed by atoms with Crippen molar-refractivity contribution in [3.05, 3.63) is 84.1 Å². The Morgan fingerprint density at radius 1 is 0.781 bits per heavy atom. The summed E-state index contributed by atoms with van der Waals surface area (Å²) >= 11 is 3.86. The van der Waals surface area contributed by atoms with Gasteiger partial charge in [0.2, 0.25) is 0 Å². The third-order valence-corrected chi connectivity index (χ3v) is 9.41. The molecule has 7 rings (SSSR count). The first kappa shape index (κ1) is 18.6. The van der Waals surface area contributed by atoms with Crippen molar-refractivity contribution in [1.82, 2.24) is 0 Å². The number of thiophene rings is 1. The Morgan fingerprint density at radius 3 is 2.50 bits per heavy atom. The Morgan fingerprint density at radius 2 is 1.62 bits per heavy atom. The molecular weight excluding hydrogens is 432 g/mol. The molecule has 0 spiro atoms. The van der Waals surface area contributed by atoms with Crippen molar-refractivity contribution in [3.63, 3.8) is 0 Å². The van der Waals surface area contributed by atoms with Crippen molar-refractivity contribution >= 4 is 64.8 Å². The molecule has 1 aliphatic carbocycles. The number of hydrogen-bond acceptors (Lipinski definition) is 4. The first-order valence-electron chi connectivity index (χ1n) is 10.7. The number of hydrogen-bond donors (Lipinski definition) is 0. The van der Waals surface area contributed by atoms with E-state index < -0.39 is 0 Å². The summed E-state index contributed by atoms with van der Waals surface area (Å²) in [6, 6.07) is 20.3. The van der Waals surface area contributed by atoms with Crippen LogP contribution in [0.4, 0.5) is 0 Å². The maximum atomic E-state index is 5.50. The number of allylic oxidation sites excluding steroid dienone is 2. The molecule has 2 atom stereocenters. The van der Waals surface area contributed by atoms with Gasteiger partial charge in [-0.15, -0.1) is 23.1 Å². The largest absolute Gasteiger partial charge is 0.497 e. The van der Waals surface area contributed by atoms with Crippen LogP contribution >= 0.6 is 23.1 Å². The smallest absolute Gasteiger partial charge is 0.119 e. The summed E-state index contributed by atoms with van der Waals surface area (Å²) in [5.41, 5.74) is 1.42. The van der Waals surface area contributed by atoms with Crippen LogP contribution in [0.5, 0.6) is 5.75 Å². The quantitative estimate of drug-likeness (QED) is 0.253. The molecule has 0 N–H and O–H groups in total. The molecule has 2 unspecified atom stereocenters. The first-order valence-corrected chi connectivity index (χ1v) is 12.4. The van der Waals surface area contributed by atoms with Gasteiger partial charge in [0, 0.05) is 41.6 Å². The van der Waals surface area contributed by atoms with E-state index >= 15 is 0 Å². The van der Waals surface area contributed by atoms with Gasteiger partial charge >= 0.3 is 0 Å². The molecule has 0 radical (unpaired) electrons. The Labute approximate surface area is 194 Å². The van der Waals surface area contributed by atoms with E-state index in [0.29, 0.717) is 11.2 Å². The van der Waals surface area contributed by atoms with Crippen molar-refractivity contribution in [1.29, 1.82) is 0 Å². The van der Waals surface area contributed by atoms with Crippen molar-refractivity contribution in [2.24, 2.45) is 0 Å². The lowest BCUT2D eigenvalue weighted by atomic mass is 9.90. The van der Waals surface area contributed by atoms with Crippen molar-refractivity contribution < 1.29 is 9.47 Å². The minimum atomic E-state index is 0.384. The number of benzene rings is 4. The second kappa shape index (κ2) is 6.77. The zero-order valence-electron chi connectivity index (χ0n) is 17.7. The molecule has 4 heteroatoms. The highest BCUT2D eigenvalue weighted by Crippen LogP contribution is 2.52. The van der Waals surface area contributed by atoms with Crippen LogP contribution in [0.1, 0.15) is 11.5 Å². The van der Waals surface area contributed by atoms with E-state index in [4.69, 9.17) is 9.47 Å². The minimum absolute atomic E-state index is 0.384. The molecule has 4 aromatic carbocycles. The fourth-order valence-electron chi connectivity index (χ4n) is 5.16. The molecule has 2 aliphatic rings. The Balaban J connectivity index is 1.47. The van der Waals surface area contributed by atoms with Crippen LogP contribution in [0, 0.1) is 0 Å². The number of ether oxygens (including phenoxy) is 2. The monoisotopic (exact) mass is 452 g/mol. The molecule has 0 bridgehead atoms. The lowest BCUT2D eigenvalue weighted by molar-refractivity contribution is 0.302. The standard InChI is InChI=1S/C28H20O2S2/c1-29-17-5-9-25-23(13-17)19-7-3-15-12-22-16(11-21(15)27(19)31-25)4-8-20-24-14-18(30-2)6-10-26(24)32-28(20)22/h3-14,23,25H,1-2H3. The van der Waals surface area contributed by atoms with Crippen LogP contribution in [0.2, 0.25) is 0 Å². The van der Waals surface area contributed by atoms with Crippen LogP contribution in [0.15, 0.2) is 83.5 Å². The molecule has 2 heterocycles. The van der Waals surface area contributed by atoms with Gasteiger partial charge in [0.15, 0.2) is 0 Å². The predicted octanol–water partition coefficient (Wildman–Crippen LogP) is 8.03. The second-order valence-electron chi connectivity index (χ2n) is 8.43. The minimum Gasteiger partial charge on any atom is -0.497 e. The third kappa shape index (κ3) is 2.54. The van der Waals surface area contributed by atoms with Crippen LogP contribution < -0.4 is 4.74 Å². The third-order valence-electron chi connectivity index (χ3n) is 6.78. The highest BCUT2D eigenvalue weighted by molar-refractivity contribution is 8.00. The molecule has 0 fully saturated rings. The van der Waals surface area contributed by atoms with Gasteiger partial charge in [-0.05, 0) is 64.2 Å². The number of rotatable bonds is 2. The number of methoxy groups -OCH3 is 2. The van der Waals surface area contributed by atoms with E-state index in [1.165, 1.54) is 52.2 Å². The van der Waals surface area contributed by atoms with Crippen LogP contribution in [-0.4, -0.2) is 19.5 Å². The molecule has 0 saturated heterocycles. The summed E-state index contributed by atoms with van der Waals surface area (Å²) in [6.07, 6.45) is 6.66. The average molecular weight is 453 g/mol. The SMILES string of the molecule is COC1=CC2c3ccc4cc5c(ccc6c7cc(OC)ccc7sc56)cc4c3SC2C=C1. The van der Waals surface area contributed by atoms with Gasteiger partial charge < -0.3 is 9.47 Å². The van der Waals surface area contributed by atoms with E-state index in [1.54, 1.807) is 14.2 Å². The average Bonchev–Trinajstić information content (AvgIpc) is 3.40. The zero-order chi connectivity index (χ0) is 21.4. The molecule has 156 valence electrons. The van der Waals surface area contributed by atoms with E-state index in [9.17, 15) is 0 Å². The van der Waals surface area contributed by atoms with Gasteiger partial charge in [-0.3, -0.25) is 0 Å². The zero-order valence-corrected chi connectivity index (χ0v) is 19.3. The van der Waals surface area contributed by atoms with E-state index in [0.717, 1.165) is 11.5 Å². The fraction of sp³-hybridized carbons (Fsp3) is 0.143. The Bertz CT molecular complexity index is 1640. The lowest BCUT2D eigenvalue weighted by Crippen LogP contribution is -2.09. The van der Waals surface area contributed by atoms with Gasteiger partial charge in [0.1, 0.15) is 11.5 Å². The molecule has 1 aliphatic heterocycles. The summed E-state index contributed by atoms with van der Waals surface area (Å²) in [5, 5.41) is 8.33. The van der Waals surface area contributed by atoms with Gasteiger partial charge in [-0.2, -0.15) is 0 Å². The molecule has 0 amide bonds. The first-order chi connectivity index (χ1) is 15.7. The summed E-state index contributed by atoms with van der Waals surface area (Å²) < 4.78 is 13.6. The number of thioether (sulfide) groups is 1. The maximum Gasteiger partial charge on any atom is 0.119 e. The molecule has 1 aromatic heterocycles. The lowest BCUT2D eigenvalue weighted by Gasteiger charge is -2.17. The Kier molecular flexibility index (Phi) is 3.94. The summed E-state index contributed by atoms with van der Waals surface area (Å²) in [6.45, 7) is 0. The van der Waals surface area contributed by atoms with Crippen molar-refractivity contribution in [2.75, 3.05) is 14.2 Å². The summed E-state index contributed by atoms with van der Waals surface area (Å²) in [4.78, 5) is 1.42. The second-order valence-corrected chi connectivity index (χ2v) is 10.7. The Hall–Kier alpha value is -2.95. The summed E-state index contributed by atoms with van der Waals surface area (Å²) in [5.74, 6) is 2.25. The van der Waals surface area contributed by atoms with Crippen molar-refractivity contribution in [2.45, 2.75) is 16.1 Å². The van der Waals surface area contributed by atoms with Crippen LogP contribution in [0.3, 0.4) is 0 Å². The highest BCUT2D eigenvalue weighted by atomic mass is 32.2. The topological polar surface area (TPSA) is 18.5 Å².